The zero-order chi connectivity index (χ0) is 19.1. The molecule has 0 spiro atoms. The summed E-state index contributed by atoms with van der Waals surface area (Å²) < 4.78 is 5.14. The second kappa shape index (κ2) is 8.95. The van der Waals surface area contributed by atoms with Crippen LogP contribution in [0, 0.1) is 0 Å². The lowest BCUT2D eigenvalue weighted by atomic mass is 10.1. The highest BCUT2D eigenvalue weighted by Crippen LogP contribution is 2.19. The summed E-state index contributed by atoms with van der Waals surface area (Å²) in [5.74, 6) is 0.350. The first kappa shape index (κ1) is 18.6. The molecule has 2 amide bonds. The van der Waals surface area contributed by atoms with Gasteiger partial charge in [-0.1, -0.05) is 36.4 Å². The number of carbonyl (C=O) groups excluding carboxylic acids is 2. The van der Waals surface area contributed by atoms with Gasteiger partial charge >= 0.3 is 0 Å². The van der Waals surface area contributed by atoms with Crippen LogP contribution in [-0.2, 0) is 22.4 Å². The third kappa shape index (κ3) is 5.65. The molecule has 0 aliphatic rings. The molecular formula is C20H19N3O3S. The number of hydrogen-bond acceptors (Lipinski definition) is 5. The van der Waals surface area contributed by atoms with E-state index in [-0.39, 0.29) is 24.7 Å². The Bertz CT molecular complexity index is 925. The van der Waals surface area contributed by atoms with E-state index < -0.39 is 0 Å². The zero-order valence-electron chi connectivity index (χ0n) is 14.8. The van der Waals surface area contributed by atoms with E-state index in [0.717, 1.165) is 5.56 Å². The number of ether oxygens (including phenoxy) is 1. The molecule has 0 saturated heterocycles. The van der Waals surface area contributed by atoms with Crippen molar-refractivity contribution in [2.75, 3.05) is 17.7 Å². The second-order valence-corrected chi connectivity index (χ2v) is 6.67. The lowest BCUT2D eigenvalue weighted by molar-refractivity contribution is -0.116. The lowest BCUT2D eigenvalue weighted by Gasteiger charge is -2.06. The minimum absolute atomic E-state index is 0.127. The molecule has 0 fully saturated rings. The molecule has 7 heteroatoms. The van der Waals surface area contributed by atoms with Crippen molar-refractivity contribution in [2.24, 2.45) is 0 Å². The lowest BCUT2D eigenvalue weighted by Crippen LogP contribution is -2.16. The van der Waals surface area contributed by atoms with E-state index in [0.29, 0.717) is 22.3 Å². The Morgan fingerprint density at radius 3 is 2.56 bits per heavy atom. The summed E-state index contributed by atoms with van der Waals surface area (Å²) in [5, 5.41) is 7.83. The van der Waals surface area contributed by atoms with Gasteiger partial charge in [0.1, 0.15) is 5.75 Å². The van der Waals surface area contributed by atoms with Crippen LogP contribution in [0.1, 0.15) is 11.3 Å². The van der Waals surface area contributed by atoms with E-state index in [1.54, 1.807) is 36.8 Å². The SMILES string of the molecule is COc1cccc(NC(=O)Cc2csc(NC(=O)Cc3ccccc3)n2)c1. The third-order valence-electron chi connectivity index (χ3n) is 3.70. The summed E-state index contributed by atoms with van der Waals surface area (Å²) in [6, 6.07) is 16.6. The molecule has 3 rings (SSSR count). The van der Waals surface area contributed by atoms with Gasteiger partial charge in [-0.15, -0.1) is 11.3 Å². The molecular weight excluding hydrogens is 362 g/mol. The van der Waals surface area contributed by atoms with Crippen LogP contribution < -0.4 is 15.4 Å². The van der Waals surface area contributed by atoms with Crippen LogP contribution in [-0.4, -0.2) is 23.9 Å². The maximum atomic E-state index is 12.2. The van der Waals surface area contributed by atoms with E-state index in [2.05, 4.69) is 15.6 Å². The van der Waals surface area contributed by atoms with Gasteiger partial charge in [0.25, 0.3) is 0 Å². The van der Waals surface area contributed by atoms with Crippen molar-refractivity contribution in [3.05, 3.63) is 71.2 Å². The van der Waals surface area contributed by atoms with E-state index in [4.69, 9.17) is 4.74 Å². The van der Waals surface area contributed by atoms with Gasteiger partial charge in [0, 0.05) is 17.1 Å². The summed E-state index contributed by atoms with van der Waals surface area (Å²) in [6.45, 7) is 0. The third-order valence-corrected chi connectivity index (χ3v) is 4.51. The van der Waals surface area contributed by atoms with Gasteiger partial charge in [-0.3, -0.25) is 9.59 Å². The van der Waals surface area contributed by atoms with Gasteiger partial charge in [-0.05, 0) is 17.7 Å². The Hall–Kier alpha value is -3.19. The topological polar surface area (TPSA) is 80.3 Å². The number of thiazole rings is 1. The highest BCUT2D eigenvalue weighted by molar-refractivity contribution is 7.13. The molecule has 3 aromatic rings. The predicted octanol–water partition coefficient (Wildman–Crippen LogP) is 3.51. The fourth-order valence-corrected chi connectivity index (χ4v) is 3.19. The first-order chi connectivity index (χ1) is 13.1. The quantitative estimate of drug-likeness (QED) is 0.656. The molecule has 1 heterocycles. The first-order valence-corrected chi connectivity index (χ1v) is 9.22. The molecule has 0 unspecified atom stereocenters. The van der Waals surface area contributed by atoms with Crippen LogP contribution >= 0.6 is 11.3 Å². The number of methoxy groups -OCH3 is 1. The van der Waals surface area contributed by atoms with Crippen molar-refractivity contribution in [3.63, 3.8) is 0 Å². The van der Waals surface area contributed by atoms with Crippen molar-refractivity contribution in [1.82, 2.24) is 4.98 Å². The highest BCUT2D eigenvalue weighted by Gasteiger charge is 2.11. The van der Waals surface area contributed by atoms with Gasteiger partial charge in [-0.2, -0.15) is 0 Å². The first-order valence-electron chi connectivity index (χ1n) is 8.34. The molecule has 0 aliphatic carbocycles. The predicted molar refractivity (Wildman–Crippen MR) is 106 cm³/mol. The van der Waals surface area contributed by atoms with Crippen LogP contribution in [0.4, 0.5) is 10.8 Å². The van der Waals surface area contributed by atoms with Gasteiger partial charge in [0.2, 0.25) is 11.8 Å². The monoisotopic (exact) mass is 381 g/mol. The number of aromatic nitrogens is 1. The van der Waals surface area contributed by atoms with E-state index in [1.807, 2.05) is 30.3 Å². The molecule has 2 aromatic carbocycles. The summed E-state index contributed by atoms with van der Waals surface area (Å²) in [5.41, 5.74) is 2.20. The maximum Gasteiger partial charge on any atom is 0.230 e. The standard InChI is InChI=1S/C20H19N3O3S/c1-26-17-9-5-8-15(11-17)21-19(25)12-16-13-27-20(22-16)23-18(24)10-14-6-3-2-4-7-14/h2-9,11,13H,10,12H2,1H3,(H,21,25)(H,22,23,24). The maximum absolute atomic E-state index is 12.2. The van der Waals surface area contributed by atoms with Crippen LogP contribution in [0.15, 0.2) is 60.0 Å². The average molecular weight is 381 g/mol. The minimum Gasteiger partial charge on any atom is -0.497 e. The summed E-state index contributed by atoms with van der Waals surface area (Å²) >= 11 is 1.30. The van der Waals surface area contributed by atoms with Gasteiger partial charge in [0.15, 0.2) is 5.13 Å². The molecule has 2 N–H and O–H groups in total. The smallest absolute Gasteiger partial charge is 0.230 e. The van der Waals surface area contributed by atoms with Crippen molar-refractivity contribution in [3.8, 4) is 5.75 Å². The highest BCUT2D eigenvalue weighted by atomic mass is 32.1. The van der Waals surface area contributed by atoms with Crippen LogP contribution in [0.5, 0.6) is 5.75 Å². The zero-order valence-corrected chi connectivity index (χ0v) is 15.6. The molecule has 0 saturated carbocycles. The number of nitrogens with one attached hydrogen (secondary N) is 2. The Morgan fingerprint density at radius 2 is 1.78 bits per heavy atom. The van der Waals surface area contributed by atoms with Crippen LogP contribution in [0.2, 0.25) is 0 Å². The number of amides is 2. The van der Waals surface area contributed by atoms with E-state index >= 15 is 0 Å². The largest absolute Gasteiger partial charge is 0.497 e. The molecule has 6 nitrogen and oxygen atoms in total. The molecule has 0 atom stereocenters. The number of hydrogen-bond donors (Lipinski definition) is 2. The fraction of sp³-hybridized carbons (Fsp3) is 0.150. The second-order valence-electron chi connectivity index (χ2n) is 5.81. The Labute approximate surface area is 161 Å². The van der Waals surface area contributed by atoms with Crippen molar-refractivity contribution < 1.29 is 14.3 Å². The van der Waals surface area contributed by atoms with Crippen molar-refractivity contribution in [1.29, 1.82) is 0 Å². The van der Waals surface area contributed by atoms with E-state index in [1.165, 1.54) is 11.3 Å². The van der Waals surface area contributed by atoms with Crippen molar-refractivity contribution in [2.45, 2.75) is 12.8 Å². The molecule has 0 aliphatic heterocycles. The summed E-state index contributed by atoms with van der Waals surface area (Å²) in [4.78, 5) is 28.6. The Balaban J connectivity index is 1.52. The fourth-order valence-electron chi connectivity index (χ4n) is 2.46. The summed E-state index contributed by atoms with van der Waals surface area (Å²) in [7, 11) is 1.57. The molecule has 1 aromatic heterocycles. The number of rotatable bonds is 7. The Morgan fingerprint density at radius 1 is 1.00 bits per heavy atom. The summed E-state index contributed by atoms with van der Waals surface area (Å²) in [6.07, 6.45) is 0.411. The minimum atomic E-state index is -0.185. The number of anilines is 2. The van der Waals surface area contributed by atoms with Gasteiger partial charge in [-0.25, -0.2) is 4.98 Å². The normalized spacial score (nSPS) is 10.3. The van der Waals surface area contributed by atoms with Crippen LogP contribution in [0.25, 0.3) is 0 Å². The van der Waals surface area contributed by atoms with Gasteiger partial charge < -0.3 is 15.4 Å². The molecule has 0 radical (unpaired) electrons. The van der Waals surface area contributed by atoms with Crippen LogP contribution in [0.3, 0.4) is 0 Å². The Kier molecular flexibility index (Phi) is 6.17. The average Bonchev–Trinajstić information content (AvgIpc) is 3.09. The number of nitrogens with zero attached hydrogens (tertiary/aromatic N) is 1. The van der Waals surface area contributed by atoms with Gasteiger partial charge in [0.05, 0.1) is 25.6 Å². The van der Waals surface area contributed by atoms with E-state index in [9.17, 15) is 9.59 Å². The molecule has 138 valence electrons. The molecule has 0 bridgehead atoms. The van der Waals surface area contributed by atoms with Crippen molar-refractivity contribution >= 4 is 34.0 Å². The number of benzene rings is 2. The number of carbonyl (C=O) groups is 2. The molecule has 27 heavy (non-hydrogen) atoms.